The van der Waals surface area contributed by atoms with Crippen molar-refractivity contribution in [3.05, 3.63) is 46.0 Å². The van der Waals surface area contributed by atoms with E-state index in [-0.39, 0.29) is 11.5 Å². The number of piperidine rings is 1. The highest BCUT2D eigenvalue weighted by Crippen LogP contribution is 2.29. The van der Waals surface area contributed by atoms with Gasteiger partial charge in [-0.25, -0.2) is 9.37 Å². The van der Waals surface area contributed by atoms with E-state index in [0.717, 1.165) is 25.9 Å². The maximum absolute atomic E-state index is 13.9. The molecule has 1 unspecified atom stereocenters. The summed E-state index contributed by atoms with van der Waals surface area (Å²) in [5, 5.41) is 3.27. The molecule has 1 atom stereocenters. The second kappa shape index (κ2) is 5.32. The van der Waals surface area contributed by atoms with Crippen molar-refractivity contribution in [2.75, 3.05) is 13.1 Å². The van der Waals surface area contributed by atoms with Crippen LogP contribution < -0.4 is 10.9 Å². The summed E-state index contributed by atoms with van der Waals surface area (Å²) in [5.74, 6) is 0.0987. The number of nitrogens with one attached hydrogen (secondary N) is 1. The number of alkyl halides is 1. The fraction of sp³-hybridized carbons (Fsp3) is 0.467. The lowest BCUT2D eigenvalue weighted by molar-refractivity contribution is 0.355. The van der Waals surface area contributed by atoms with Gasteiger partial charge in [0.05, 0.1) is 5.69 Å². The third-order valence-electron chi connectivity index (χ3n) is 3.92. The van der Waals surface area contributed by atoms with E-state index in [1.54, 1.807) is 24.4 Å². The van der Waals surface area contributed by atoms with E-state index in [1.165, 1.54) is 11.3 Å². The van der Waals surface area contributed by atoms with Crippen LogP contribution in [-0.2, 0) is 0 Å². The molecule has 2 aromatic rings. The Morgan fingerprint density at radius 3 is 2.85 bits per heavy atom. The molecule has 0 radical (unpaired) electrons. The average Bonchev–Trinajstić information content (AvgIpc) is 2.48. The molecule has 2 aromatic heterocycles. The van der Waals surface area contributed by atoms with Crippen molar-refractivity contribution in [2.24, 2.45) is 0 Å². The van der Waals surface area contributed by atoms with Gasteiger partial charge in [-0.05, 0) is 50.9 Å². The molecular formula is C15H18FN3O. The van der Waals surface area contributed by atoms with Crippen LogP contribution >= 0.6 is 0 Å². The highest BCUT2D eigenvalue weighted by atomic mass is 19.1. The molecule has 106 valence electrons. The van der Waals surface area contributed by atoms with E-state index >= 15 is 0 Å². The van der Waals surface area contributed by atoms with E-state index in [0.29, 0.717) is 16.9 Å². The molecular weight excluding hydrogens is 257 g/mol. The third kappa shape index (κ3) is 2.22. The van der Waals surface area contributed by atoms with Crippen LogP contribution in [0.4, 0.5) is 4.39 Å². The van der Waals surface area contributed by atoms with Gasteiger partial charge in [-0.1, -0.05) is 6.07 Å². The Bertz CT molecular complexity index is 674. The summed E-state index contributed by atoms with van der Waals surface area (Å²) < 4.78 is 15.4. The van der Waals surface area contributed by atoms with Gasteiger partial charge in [-0.3, -0.25) is 9.20 Å². The topological polar surface area (TPSA) is 46.4 Å². The predicted octanol–water partition coefficient (Wildman–Crippen LogP) is 2.19. The molecule has 1 fully saturated rings. The van der Waals surface area contributed by atoms with Crippen LogP contribution in [-0.4, -0.2) is 22.5 Å². The number of aromatic nitrogens is 2. The van der Waals surface area contributed by atoms with Gasteiger partial charge in [-0.2, -0.15) is 0 Å². The Morgan fingerprint density at radius 2 is 2.15 bits per heavy atom. The van der Waals surface area contributed by atoms with E-state index in [9.17, 15) is 9.18 Å². The molecule has 1 aliphatic rings. The number of hydrogen-bond acceptors (Lipinski definition) is 3. The number of rotatable bonds is 2. The molecule has 4 nitrogen and oxygen atoms in total. The van der Waals surface area contributed by atoms with Crippen LogP contribution in [0.1, 0.15) is 43.1 Å². The SMILES string of the molecule is CC(F)c1nc2ccccn2c(=O)c1C1CCNCC1. The molecule has 3 rings (SSSR count). The summed E-state index contributed by atoms with van der Waals surface area (Å²) >= 11 is 0. The average molecular weight is 275 g/mol. The molecule has 5 heteroatoms. The Morgan fingerprint density at radius 1 is 1.40 bits per heavy atom. The molecule has 1 N–H and O–H groups in total. The summed E-state index contributed by atoms with van der Waals surface area (Å²) in [6, 6.07) is 5.33. The van der Waals surface area contributed by atoms with Crippen LogP contribution in [0.2, 0.25) is 0 Å². The minimum absolute atomic E-state index is 0.0987. The van der Waals surface area contributed by atoms with Crippen LogP contribution in [0.25, 0.3) is 5.65 Å². The predicted molar refractivity (Wildman–Crippen MR) is 75.8 cm³/mol. The molecule has 1 saturated heterocycles. The van der Waals surface area contributed by atoms with E-state index in [2.05, 4.69) is 10.3 Å². The van der Waals surface area contributed by atoms with Crippen molar-refractivity contribution >= 4 is 5.65 Å². The van der Waals surface area contributed by atoms with Gasteiger partial charge in [0.15, 0.2) is 0 Å². The number of hydrogen-bond donors (Lipinski definition) is 1. The van der Waals surface area contributed by atoms with Crippen molar-refractivity contribution in [2.45, 2.75) is 31.9 Å². The van der Waals surface area contributed by atoms with E-state index < -0.39 is 6.17 Å². The molecule has 20 heavy (non-hydrogen) atoms. The first-order valence-electron chi connectivity index (χ1n) is 7.04. The lowest BCUT2D eigenvalue weighted by atomic mass is 9.89. The van der Waals surface area contributed by atoms with Crippen molar-refractivity contribution in [1.29, 1.82) is 0 Å². The first-order chi connectivity index (χ1) is 9.68. The first kappa shape index (κ1) is 13.2. The number of halogens is 1. The summed E-state index contributed by atoms with van der Waals surface area (Å²) in [4.78, 5) is 17.1. The molecule has 0 bridgehead atoms. The van der Waals surface area contributed by atoms with Crippen LogP contribution in [0, 0.1) is 0 Å². The van der Waals surface area contributed by atoms with Gasteiger partial charge >= 0.3 is 0 Å². The number of fused-ring (bicyclic) bond motifs is 1. The van der Waals surface area contributed by atoms with Crippen LogP contribution in [0.5, 0.6) is 0 Å². The minimum Gasteiger partial charge on any atom is -0.317 e. The Labute approximate surface area is 116 Å². The normalized spacial score (nSPS) is 18.3. The summed E-state index contributed by atoms with van der Waals surface area (Å²) in [7, 11) is 0. The summed E-state index contributed by atoms with van der Waals surface area (Å²) in [6.45, 7) is 3.18. The smallest absolute Gasteiger partial charge is 0.261 e. The third-order valence-corrected chi connectivity index (χ3v) is 3.92. The Balaban J connectivity index is 2.24. The maximum Gasteiger partial charge on any atom is 0.261 e. The monoisotopic (exact) mass is 275 g/mol. The zero-order valence-corrected chi connectivity index (χ0v) is 11.5. The molecule has 0 spiro atoms. The second-order valence-electron chi connectivity index (χ2n) is 5.28. The molecule has 1 aliphatic heterocycles. The van der Waals surface area contributed by atoms with E-state index in [4.69, 9.17) is 0 Å². The van der Waals surface area contributed by atoms with Crippen molar-refractivity contribution in [1.82, 2.24) is 14.7 Å². The lowest BCUT2D eigenvalue weighted by Crippen LogP contribution is -2.32. The second-order valence-corrected chi connectivity index (χ2v) is 5.28. The zero-order chi connectivity index (χ0) is 14.1. The van der Waals surface area contributed by atoms with Crippen LogP contribution in [0.3, 0.4) is 0 Å². The Kier molecular flexibility index (Phi) is 3.53. The highest BCUT2D eigenvalue weighted by molar-refractivity contribution is 5.42. The Hall–Kier alpha value is -1.75. The highest BCUT2D eigenvalue weighted by Gasteiger charge is 2.26. The van der Waals surface area contributed by atoms with Gasteiger partial charge < -0.3 is 5.32 Å². The van der Waals surface area contributed by atoms with Gasteiger partial charge in [0, 0.05) is 11.8 Å². The minimum atomic E-state index is -1.22. The fourth-order valence-corrected chi connectivity index (χ4v) is 2.92. The van der Waals surface area contributed by atoms with Crippen molar-refractivity contribution < 1.29 is 4.39 Å². The number of pyridine rings is 1. The summed E-state index contributed by atoms with van der Waals surface area (Å²) in [5.41, 5.74) is 1.26. The van der Waals surface area contributed by atoms with E-state index in [1.807, 2.05) is 0 Å². The van der Waals surface area contributed by atoms with Gasteiger partial charge in [0.25, 0.3) is 5.56 Å². The number of nitrogens with zero attached hydrogens (tertiary/aromatic N) is 2. The standard InChI is InChI=1S/C15H18FN3O/c1-10(16)14-13(11-5-7-17-8-6-11)15(20)19-9-3-2-4-12(19)18-14/h2-4,9-11,17H,5-8H2,1H3. The van der Waals surface area contributed by atoms with Crippen molar-refractivity contribution in [3.63, 3.8) is 0 Å². The molecule has 0 aliphatic carbocycles. The largest absolute Gasteiger partial charge is 0.317 e. The lowest BCUT2D eigenvalue weighted by Gasteiger charge is -2.24. The first-order valence-corrected chi connectivity index (χ1v) is 7.04. The van der Waals surface area contributed by atoms with Crippen molar-refractivity contribution in [3.8, 4) is 0 Å². The van der Waals surface area contributed by atoms with Gasteiger partial charge in [0.1, 0.15) is 11.8 Å². The quantitative estimate of drug-likeness (QED) is 0.914. The summed E-state index contributed by atoms with van der Waals surface area (Å²) in [6.07, 6.45) is 2.19. The molecule has 0 amide bonds. The maximum atomic E-state index is 13.9. The van der Waals surface area contributed by atoms with Gasteiger partial charge in [-0.15, -0.1) is 0 Å². The molecule has 0 saturated carbocycles. The molecule has 3 heterocycles. The zero-order valence-electron chi connectivity index (χ0n) is 11.5. The van der Waals surface area contributed by atoms with Gasteiger partial charge in [0.2, 0.25) is 0 Å². The van der Waals surface area contributed by atoms with Crippen LogP contribution in [0.15, 0.2) is 29.2 Å². The fourth-order valence-electron chi connectivity index (χ4n) is 2.92. The molecule has 0 aromatic carbocycles.